The van der Waals surface area contributed by atoms with Crippen molar-refractivity contribution < 1.29 is 14.7 Å². The number of nitrogens with zero attached hydrogens (tertiary/aromatic N) is 1. The zero-order chi connectivity index (χ0) is 12.8. The van der Waals surface area contributed by atoms with Crippen LogP contribution in [0.5, 0.6) is 0 Å². The smallest absolute Gasteiger partial charge is 0.326 e. The van der Waals surface area contributed by atoms with Crippen LogP contribution in [0.2, 0.25) is 0 Å². The molecule has 1 amide bonds. The second kappa shape index (κ2) is 6.59. The van der Waals surface area contributed by atoms with E-state index in [0.717, 1.165) is 19.3 Å². The molecule has 1 saturated heterocycles. The lowest BCUT2D eigenvalue weighted by Gasteiger charge is -2.33. The van der Waals surface area contributed by atoms with E-state index in [9.17, 15) is 9.59 Å². The fourth-order valence-electron chi connectivity index (χ4n) is 1.99. The molecule has 1 aliphatic rings. The van der Waals surface area contributed by atoms with Gasteiger partial charge in [-0.2, -0.15) is 0 Å². The van der Waals surface area contributed by atoms with Gasteiger partial charge in [0.1, 0.15) is 6.04 Å². The van der Waals surface area contributed by atoms with E-state index in [1.807, 2.05) is 13.8 Å². The van der Waals surface area contributed by atoms with Gasteiger partial charge in [0, 0.05) is 12.6 Å². The van der Waals surface area contributed by atoms with Crippen molar-refractivity contribution >= 4 is 11.9 Å². The fraction of sp³-hybridized carbons (Fsp3) is 0.833. The minimum Gasteiger partial charge on any atom is -0.480 e. The van der Waals surface area contributed by atoms with Crippen molar-refractivity contribution in [2.45, 2.75) is 51.6 Å². The molecule has 0 bridgehead atoms. The minimum atomic E-state index is -0.887. The summed E-state index contributed by atoms with van der Waals surface area (Å²) in [6.45, 7) is 4.86. The van der Waals surface area contributed by atoms with E-state index in [4.69, 9.17) is 5.11 Å². The SMILES string of the molecule is CCC(C)NCC(=O)N1CCCC[C@H]1C(=O)O. The third-order valence-electron chi connectivity index (χ3n) is 3.32. The van der Waals surface area contributed by atoms with Gasteiger partial charge in [-0.05, 0) is 32.6 Å². The summed E-state index contributed by atoms with van der Waals surface area (Å²) >= 11 is 0. The maximum Gasteiger partial charge on any atom is 0.326 e. The summed E-state index contributed by atoms with van der Waals surface area (Å²) in [5, 5.41) is 12.2. The zero-order valence-electron chi connectivity index (χ0n) is 10.6. The average molecular weight is 242 g/mol. The van der Waals surface area contributed by atoms with Gasteiger partial charge in [0.15, 0.2) is 0 Å². The Balaban J connectivity index is 2.50. The minimum absolute atomic E-state index is 0.0996. The van der Waals surface area contributed by atoms with Crippen molar-refractivity contribution in [3.8, 4) is 0 Å². The summed E-state index contributed by atoms with van der Waals surface area (Å²) < 4.78 is 0. The van der Waals surface area contributed by atoms with Crippen LogP contribution in [0.1, 0.15) is 39.5 Å². The number of aliphatic carboxylic acids is 1. The number of hydrogen-bond donors (Lipinski definition) is 2. The Kier molecular flexibility index (Phi) is 5.41. The summed E-state index contributed by atoms with van der Waals surface area (Å²) in [7, 11) is 0. The second-order valence-corrected chi connectivity index (χ2v) is 4.63. The van der Waals surface area contributed by atoms with Crippen LogP contribution in [0.4, 0.5) is 0 Å². The van der Waals surface area contributed by atoms with E-state index in [1.54, 1.807) is 0 Å². The number of piperidine rings is 1. The second-order valence-electron chi connectivity index (χ2n) is 4.63. The number of hydrogen-bond acceptors (Lipinski definition) is 3. The molecule has 2 N–H and O–H groups in total. The molecule has 0 spiro atoms. The van der Waals surface area contributed by atoms with Gasteiger partial charge in [-0.3, -0.25) is 4.79 Å². The molecule has 0 aromatic carbocycles. The lowest BCUT2D eigenvalue weighted by molar-refractivity contribution is -0.151. The largest absolute Gasteiger partial charge is 0.480 e. The lowest BCUT2D eigenvalue weighted by Crippen LogP contribution is -2.51. The van der Waals surface area contributed by atoms with Crippen LogP contribution >= 0.6 is 0 Å². The lowest BCUT2D eigenvalue weighted by atomic mass is 10.0. The van der Waals surface area contributed by atoms with Crippen LogP contribution in [-0.2, 0) is 9.59 Å². The van der Waals surface area contributed by atoms with Crippen LogP contribution < -0.4 is 5.32 Å². The van der Waals surface area contributed by atoms with Gasteiger partial charge in [0.25, 0.3) is 0 Å². The molecule has 1 fully saturated rings. The van der Waals surface area contributed by atoms with E-state index in [-0.39, 0.29) is 18.5 Å². The summed E-state index contributed by atoms with van der Waals surface area (Å²) in [6, 6.07) is -0.345. The Labute approximate surface area is 102 Å². The van der Waals surface area contributed by atoms with Gasteiger partial charge < -0.3 is 15.3 Å². The highest BCUT2D eigenvalue weighted by molar-refractivity contribution is 5.85. The Morgan fingerprint density at radius 3 is 2.76 bits per heavy atom. The highest BCUT2D eigenvalue weighted by Crippen LogP contribution is 2.17. The number of likely N-dealkylation sites (tertiary alicyclic amines) is 1. The van der Waals surface area contributed by atoms with E-state index >= 15 is 0 Å². The molecule has 17 heavy (non-hydrogen) atoms. The first kappa shape index (κ1) is 14.0. The van der Waals surface area contributed by atoms with Gasteiger partial charge >= 0.3 is 5.97 Å². The molecular formula is C12H22N2O3. The number of carboxylic acids is 1. The van der Waals surface area contributed by atoms with Crippen LogP contribution in [0.25, 0.3) is 0 Å². The maximum atomic E-state index is 11.9. The first-order valence-electron chi connectivity index (χ1n) is 6.32. The van der Waals surface area contributed by atoms with Crippen molar-refractivity contribution in [2.75, 3.05) is 13.1 Å². The quantitative estimate of drug-likeness (QED) is 0.749. The Morgan fingerprint density at radius 1 is 1.47 bits per heavy atom. The number of nitrogens with one attached hydrogen (secondary N) is 1. The number of amides is 1. The Morgan fingerprint density at radius 2 is 2.18 bits per heavy atom. The van der Waals surface area contributed by atoms with Crippen LogP contribution in [0.15, 0.2) is 0 Å². The van der Waals surface area contributed by atoms with E-state index < -0.39 is 12.0 Å². The normalized spacial score (nSPS) is 22.2. The first-order valence-corrected chi connectivity index (χ1v) is 6.32. The molecule has 0 saturated carbocycles. The average Bonchev–Trinajstić information content (AvgIpc) is 2.35. The molecule has 0 aromatic rings. The molecule has 1 rings (SSSR count). The van der Waals surface area contributed by atoms with E-state index in [1.165, 1.54) is 4.90 Å². The molecule has 1 heterocycles. The van der Waals surface area contributed by atoms with Gasteiger partial charge in [0.2, 0.25) is 5.91 Å². The third-order valence-corrected chi connectivity index (χ3v) is 3.32. The third kappa shape index (κ3) is 4.00. The van der Waals surface area contributed by atoms with Gasteiger partial charge in [-0.1, -0.05) is 6.92 Å². The molecule has 0 radical (unpaired) electrons. The van der Waals surface area contributed by atoms with Crippen molar-refractivity contribution in [3.05, 3.63) is 0 Å². The molecule has 1 aliphatic heterocycles. The summed E-state index contributed by atoms with van der Waals surface area (Å²) in [6.07, 6.45) is 3.32. The molecule has 1 unspecified atom stereocenters. The maximum absolute atomic E-state index is 11.9. The van der Waals surface area contributed by atoms with Crippen molar-refractivity contribution in [1.82, 2.24) is 10.2 Å². The van der Waals surface area contributed by atoms with Gasteiger partial charge in [-0.15, -0.1) is 0 Å². The number of carboxylic acid groups (broad SMARTS) is 1. The zero-order valence-corrected chi connectivity index (χ0v) is 10.6. The molecular weight excluding hydrogens is 220 g/mol. The standard InChI is InChI=1S/C12H22N2O3/c1-3-9(2)13-8-11(15)14-7-5-4-6-10(14)12(16)17/h9-10,13H,3-8H2,1-2H3,(H,16,17)/t9?,10-/m0/s1. The molecule has 2 atom stereocenters. The topological polar surface area (TPSA) is 69.6 Å². The highest BCUT2D eigenvalue weighted by Gasteiger charge is 2.31. The van der Waals surface area contributed by atoms with Crippen LogP contribution in [0, 0.1) is 0 Å². The molecule has 0 aromatic heterocycles. The molecule has 5 heteroatoms. The number of rotatable bonds is 5. The van der Waals surface area contributed by atoms with Crippen molar-refractivity contribution in [1.29, 1.82) is 0 Å². The van der Waals surface area contributed by atoms with Gasteiger partial charge in [0.05, 0.1) is 6.54 Å². The van der Waals surface area contributed by atoms with Crippen molar-refractivity contribution in [3.63, 3.8) is 0 Å². The molecule has 0 aliphatic carbocycles. The summed E-state index contributed by atoms with van der Waals surface area (Å²) in [5.74, 6) is -0.987. The number of carbonyl (C=O) groups is 2. The highest BCUT2D eigenvalue weighted by atomic mass is 16.4. The number of carbonyl (C=O) groups excluding carboxylic acids is 1. The monoisotopic (exact) mass is 242 g/mol. The Bertz CT molecular complexity index is 281. The Hall–Kier alpha value is -1.10. The molecule has 98 valence electrons. The van der Waals surface area contributed by atoms with Gasteiger partial charge in [-0.25, -0.2) is 4.79 Å². The van der Waals surface area contributed by atoms with Crippen LogP contribution in [0.3, 0.4) is 0 Å². The first-order chi connectivity index (χ1) is 8.06. The summed E-state index contributed by atoms with van der Waals surface area (Å²) in [5.41, 5.74) is 0. The fourth-order valence-corrected chi connectivity index (χ4v) is 1.99. The van der Waals surface area contributed by atoms with Crippen molar-refractivity contribution in [2.24, 2.45) is 0 Å². The molecule has 5 nitrogen and oxygen atoms in total. The summed E-state index contributed by atoms with van der Waals surface area (Å²) in [4.78, 5) is 24.5. The van der Waals surface area contributed by atoms with Crippen LogP contribution in [-0.4, -0.2) is 47.1 Å². The predicted molar refractivity (Wildman–Crippen MR) is 64.7 cm³/mol. The van der Waals surface area contributed by atoms with E-state index in [0.29, 0.717) is 13.0 Å². The predicted octanol–water partition coefficient (Wildman–Crippen LogP) is 0.840. The van der Waals surface area contributed by atoms with E-state index in [2.05, 4.69) is 5.32 Å².